The maximum Gasteiger partial charge on any atom is 0.227 e. The van der Waals surface area contributed by atoms with Crippen molar-refractivity contribution in [1.29, 1.82) is 0 Å². The summed E-state index contributed by atoms with van der Waals surface area (Å²) < 4.78 is 11.5. The second-order valence-corrected chi connectivity index (χ2v) is 9.36. The van der Waals surface area contributed by atoms with Crippen LogP contribution < -0.4 is 15.4 Å². The molecule has 2 N–H and O–H groups in total. The zero-order valence-electron chi connectivity index (χ0n) is 20.4. The lowest BCUT2D eigenvalue weighted by atomic mass is 9.99. The molecule has 0 radical (unpaired) electrons. The molecule has 1 heterocycles. The molecule has 0 bridgehead atoms. The number of amides is 1. The van der Waals surface area contributed by atoms with Crippen molar-refractivity contribution in [2.45, 2.75) is 52.0 Å². The van der Waals surface area contributed by atoms with Gasteiger partial charge in [0, 0.05) is 19.7 Å². The second-order valence-electron chi connectivity index (χ2n) is 9.36. The molecule has 4 atom stereocenters. The van der Waals surface area contributed by atoms with Gasteiger partial charge in [-0.1, -0.05) is 62.7 Å². The van der Waals surface area contributed by atoms with Crippen LogP contribution in [0.3, 0.4) is 0 Å². The molecule has 5 heteroatoms. The van der Waals surface area contributed by atoms with Crippen LogP contribution in [-0.4, -0.2) is 38.8 Å². The minimum absolute atomic E-state index is 0.0333. The molecule has 0 spiro atoms. The van der Waals surface area contributed by atoms with Gasteiger partial charge in [-0.05, 0) is 54.9 Å². The molecule has 33 heavy (non-hydrogen) atoms. The Bertz CT molecular complexity index is 819. The van der Waals surface area contributed by atoms with Crippen molar-refractivity contribution in [3.8, 4) is 5.75 Å². The van der Waals surface area contributed by atoms with E-state index in [1.165, 1.54) is 12.8 Å². The number of benzene rings is 2. The number of hydrogen-bond acceptors (Lipinski definition) is 4. The fourth-order valence-electron chi connectivity index (χ4n) is 4.23. The van der Waals surface area contributed by atoms with Crippen LogP contribution in [0.4, 0.5) is 0 Å². The van der Waals surface area contributed by atoms with Crippen LogP contribution in [0.1, 0.15) is 63.1 Å². The lowest BCUT2D eigenvalue weighted by Crippen LogP contribution is -2.39. The average Bonchev–Trinajstić information content (AvgIpc) is 3.36. The highest BCUT2D eigenvalue weighted by Crippen LogP contribution is 2.22. The molecule has 2 aromatic carbocycles. The van der Waals surface area contributed by atoms with E-state index in [9.17, 15) is 4.79 Å². The van der Waals surface area contributed by atoms with Crippen molar-refractivity contribution in [2.24, 2.45) is 11.8 Å². The van der Waals surface area contributed by atoms with Gasteiger partial charge in [0.1, 0.15) is 5.75 Å². The van der Waals surface area contributed by atoms with Crippen LogP contribution in [0.15, 0.2) is 54.6 Å². The highest BCUT2D eigenvalue weighted by atomic mass is 16.5. The van der Waals surface area contributed by atoms with E-state index in [4.69, 9.17) is 9.47 Å². The summed E-state index contributed by atoms with van der Waals surface area (Å²) in [4.78, 5) is 13.1. The van der Waals surface area contributed by atoms with Crippen LogP contribution in [0.2, 0.25) is 0 Å². The minimum Gasteiger partial charge on any atom is -0.493 e. The molecule has 5 nitrogen and oxygen atoms in total. The number of rotatable bonds is 13. The van der Waals surface area contributed by atoms with Crippen LogP contribution >= 0.6 is 0 Å². The highest BCUT2D eigenvalue weighted by Gasteiger charge is 2.21. The van der Waals surface area contributed by atoms with Crippen LogP contribution in [0, 0.1) is 11.8 Å². The minimum atomic E-state index is -0.209. The summed E-state index contributed by atoms with van der Waals surface area (Å²) in [5.74, 6) is 1.79. The predicted molar refractivity (Wildman–Crippen MR) is 134 cm³/mol. The van der Waals surface area contributed by atoms with Crippen molar-refractivity contribution < 1.29 is 14.3 Å². The maximum atomic E-state index is 13.1. The Labute approximate surface area is 199 Å². The Morgan fingerprint density at radius 1 is 1.09 bits per heavy atom. The van der Waals surface area contributed by atoms with E-state index >= 15 is 0 Å². The molecule has 1 aliphatic heterocycles. The van der Waals surface area contributed by atoms with Crippen molar-refractivity contribution in [3.05, 3.63) is 65.7 Å². The van der Waals surface area contributed by atoms with Crippen LogP contribution in [0.25, 0.3) is 0 Å². The van der Waals surface area contributed by atoms with Gasteiger partial charge < -0.3 is 20.1 Å². The lowest BCUT2D eigenvalue weighted by Gasteiger charge is -2.23. The van der Waals surface area contributed by atoms with Gasteiger partial charge >= 0.3 is 0 Å². The standard InChI is InChI=1S/C28H40N2O3/c1-4-8-21(2)19-33-26-13-11-25(12-14-26)27(18-29-17-23-15-16-32-20-23)30-28(31)22(3)24-9-6-5-7-10-24/h5-7,9-14,21-23,27,29H,4,8,15-20H2,1-3H3,(H,30,31)/t21?,22-,23+,27-/m0/s1. The highest BCUT2D eigenvalue weighted by molar-refractivity contribution is 5.83. The number of nitrogens with one attached hydrogen (secondary N) is 2. The quantitative estimate of drug-likeness (QED) is 0.444. The molecule has 1 saturated heterocycles. The Kier molecular flexibility index (Phi) is 10.2. The molecule has 0 saturated carbocycles. The van der Waals surface area contributed by atoms with E-state index in [0.29, 0.717) is 18.4 Å². The Morgan fingerprint density at radius 2 is 1.85 bits per heavy atom. The van der Waals surface area contributed by atoms with Crippen LogP contribution in [0.5, 0.6) is 5.75 Å². The van der Waals surface area contributed by atoms with Crippen molar-refractivity contribution in [1.82, 2.24) is 10.6 Å². The first kappa shape index (κ1) is 25.3. The third-order valence-electron chi connectivity index (χ3n) is 6.41. The zero-order valence-corrected chi connectivity index (χ0v) is 20.4. The zero-order chi connectivity index (χ0) is 23.5. The Morgan fingerprint density at radius 3 is 2.52 bits per heavy atom. The van der Waals surface area contributed by atoms with Gasteiger partial charge in [0.05, 0.1) is 25.2 Å². The summed E-state index contributed by atoms with van der Waals surface area (Å²) in [6.07, 6.45) is 3.44. The van der Waals surface area contributed by atoms with Crippen molar-refractivity contribution in [3.63, 3.8) is 0 Å². The van der Waals surface area contributed by atoms with Gasteiger partial charge in [-0.2, -0.15) is 0 Å². The van der Waals surface area contributed by atoms with Gasteiger partial charge in [-0.3, -0.25) is 4.79 Å². The molecular weight excluding hydrogens is 412 g/mol. The normalized spacial score (nSPS) is 18.5. The van der Waals surface area contributed by atoms with Gasteiger partial charge in [-0.15, -0.1) is 0 Å². The molecule has 0 aliphatic carbocycles. The molecule has 1 amide bonds. The molecule has 1 fully saturated rings. The number of hydrogen-bond donors (Lipinski definition) is 2. The molecule has 180 valence electrons. The predicted octanol–water partition coefficient (Wildman–Crippen LogP) is 5.09. The fourth-order valence-corrected chi connectivity index (χ4v) is 4.23. The van der Waals surface area contributed by atoms with E-state index in [2.05, 4.69) is 36.6 Å². The summed E-state index contributed by atoms with van der Waals surface area (Å²) in [6.45, 7) is 10.3. The fraction of sp³-hybridized carbons (Fsp3) is 0.536. The third-order valence-corrected chi connectivity index (χ3v) is 6.41. The Hall–Kier alpha value is -2.37. The second kappa shape index (κ2) is 13.4. The third kappa shape index (κ3) is 8.17. The summed E-state index contributed by atoms with van der Waals surface area (Å²) >= 11 is 0. The van der Waals surface area contributed by atoms with E-state index in [-0.39, 0.29) is 17.9 Å². The summed E-state index contributed by atoms with van der Waals surface area (Å²) in [6, 6.07) is 18.0. The van der Waals surface area contributed by atoms with Gasteiger partial charge in [-0.25, -0.2) is 0 Å². The first-order valence-corrected chi connectivity index (χ1v) is 12.4. The van der Waals surface area contributed by atoms with Gasteiger partial charge in [0.25, 0.3) is 0 Å². The smallest absolute Gasteiger partial charge is 0.227 e. The Balaban J connectivity index is 1.63. The molecule has 3 rings (SSSR count). The summed E-state index contributed by atoms with van der Waals surface area (Å²) in [5.41, 5.74) is 2.10. The molecule has 1 aliphatic rings. The number of carbonyl (C=O) groups excluding carboxylic acids is 1. The van der Waals surface area contributed by atoms with E-state index in [1.54, 1.807) is 0 Å². The molecular formula is C28H40N2O3. The number of ether oxygens (including phenoxy) is 2. The first-order chi connectivity index (χ1) is 16.1. The summed E-state index contributed by atoms with van der Waals surface area (Å²) in [5, 5.41) is 6.82. The van der Waals surface area contributed by atoms with Crippen molar-refractivity contribution in [2.75, 3.05) is 32.9 Å². The topological polar surface area (TPSA) is 59.6 Å². The molecule has 1 unspecified atom stereocenters. The monoisotopic (exact) mass is 452 g/mol. The number of carbonyl (C=O) groups is 1. The van der Waals surface area contributed by atoms with Gasteiger partial charge in [0.2, 0.25) is 5.91 Å². The van der Waals surface area contributed by atoms with Gasteiger partial charge in [0.15, 0.2) is 0 Å². The van der Waals surface area contributed by atoms with E-state index in [0.717, 1.165) is 49.7 Å². The molecule has 2 aromatic rings. The van der Waals surface area contributed by atoms with Crippen molar-refractivity contribution >= 4 is 5.91 Å². The average molecular weight is 453 g/mol. The lowest BCUT2D eigenvalue weighted by molar-refractivity contribution is -0.123. The largest absolute Gasteiger partial charge is 0.493 e. The van der Waals surface area contributed by atoms with E-state index in [1.807, 2.05) is 49.4 Å². The summed E-state index contributed by atoms with van der Waals surface area (Å²) in [7, 11) is 0. The molecule has 0 aromatic heterocycles. The SMILES string of the molecule is CCCC(C)COc1ccc([C@H](CNC[C@H]2CCOC2)NC(=O)[C@@H](C)c2ccccc2)cc1. The van der Waals surface area contributed by atoms with E-state index < -0.39 is 0 Å². The van der Waals surface area contributed by atoms with Crippen LogP contribution in [-0.2, 0) is 9.53 Å². The first-order valence-electron chi connectivity index (χ1n) is 12.4. The maximum absolute atomic E-state index is 13.1.